The van der Waals surface area contributed by atoms with Gasteiger partial charge in [-0.3, -0.25) is 4.90 Å². The zero-order valence-electron chi connectivity index (χ0n) is 23.4. The van der Waals surface area contributed by atoms with Gasteiger partial charge in [0, 0.05) is 43.1 Å². The normalized spacial score (nSPS) is 19.9. The summed E-state index contributed by atoms with van der Waals surface area (Å²) in [5.74, 6) is 2.70. The number of phenols is 1. The molecule has 0 saturated carbocycles. The number of nitrogens with zero attached hydrogens (tertiary/aromatic N) is 1. The van der Waals surface area contributed by atoms with E-state index in [1.165, 1.54) is 6.42 Å². The van der Waals surface area contributed by atoms with Crippen molar-refractivity contribution in [1.82, 2.24) is 4.90 Å². The van der Waals surface area contributed by atoms with E-state index in [0.717, 1.165) is 70.6 Å². The first kappa shape index (κ1) is 27.1. The topological polar surface area (TPSA) is 63.2 Å². The van der Waals surface area contributed by atoms with Gasteiger partial charge in [0.15, 0.2) is 0 Å². The first-order valence-corrected chi connectivity index (χ1v) is 13.9. The lowest BCUT2D eigenvalue weighted by atomic mass is 9.86. The van der Waals surface area contributed by atoms with Crippen LogP contribution in [0.25, 0.3) is 11.1 Å². The number of anilines is 1. The van der Waals surface area contributed by atoms with E-state index in [-0.39, 0.29) is 11.9 Å². The largest absolute Gasteiger partial charge is 0.508 e. The Bertz CT molecular complexity index is 1300. The van der Waals surface area contributed by atoms with E-state index < -0.39 is 0 Å². The van der Waals surface area contributed by atoms with Crippen LogP contribution in [0.5, 0.6) is 17.2 Å². The molecule has 6 nitrogen and oxygen atoms in total. The van der Waals surface area contributed by atoms with Gasteiger partial charge in [0.25, 0.3) is 0 Å². The molecule has 1 saturated heterocycles. The van der Waals surface area contributed by atoms with Crippen LogP contribution in [0, 0.1) is 5.92 Å². The highest BCUT2D eigenvalue weighted by Crippen LogP contribution is 2.47. The molecule has 1 fully saturated rings. The number of hydrogen-bond donors (Lipinski definition) is 2. The summed E-state index contributed by atoms with van der Waals surface area (Å²) in [6.07, 6.45) is 0.953. The van der Waals surface area contributed by atoms with Gasteiger partial charge in [-0.25, -0.2) is 0 Å². The number of likely N-dealkylation sites (tertiary alicyclic amines) is 1. The molecule has 0 aromatic heterocycles. The molecule has 3 atom stereocenters. The number of nitrogens with one attached hydrogen (secondary N) is 1. The van der Waals surface area contributed by atoms with Gasteiger partial charge in [-0.05, 0) is 91.9 Å². The molecule has 5 rings (SSSR count). The van der Waals surface area contributed by atoms with Crippen LogP contribution < -0.4 is 14.8 Å². The molecule has 2 aliphatic heterocycles. The number of methoxy groups -OCH3 is 1. The molecule has 0 amide bonds. The number of phenolic OH excluding ortho intramolecular Hbond substituents is 1. The van der Waals surface area contributed by atoms with E-state index in [0.29, 0.717) is 19.3 Å². The molecule has 3 aromatic carbocycles. The van der Waals surface area contributed by atoms with E-state index in [4.69, 9.17) is 14.2 Å². The summed E-state index contributed by atoms with van der Waals surface area (Å²) in [5, 5.41) is 13.7. The number of hydrogen-bond acceptors (Lipinski definition) is 6. The second-order valence-electron chi connectivity index (χ2n) is 10.8. The summed E-state index contributed by atoms with van der Waals surface area (Å²) in [7, 11) is 1.70. The van der Waals surface area contributed by atoms with Crippen LogP contribution >= 0.6 is 0 Å². The Morgan fingerprint density at radius 3 is 2.64 bits per heavy atom. The Morgan fingerprint density at radius 2 is 1.92 bits per heavy atom. The molecule has 0 bridgehead atoms. The summed E-state index contributed by atoms with van der Waals surface area (Å²) in [5.41, 5.74) is 6.19. The second-order valence-corrected chi connectivity index (χ2v) is 10.8. The van der Waals surface area contributed by atoms with Crippen LogP contribution in [0.3, 0.4) is 0 Å². The lowest BCUT2D eigenvalue weighted by Gasteiger charge is -2.31. The van der Waals surface area contributed by atoms with E-state index in [1.54, 1.807) is 19.2 Å². The molecule has 2 heterocycles. The number of allylic oxidation sites excluding steroid dienone is 1. The third-order valence-corrected chi connectivity index (χ3v) is 7.84. The van der Waals surface area contributed by atoms with Crippen molar-refractivity contribution in [1.29, 1.82) is 0 Å². The third kappa shape index (κ3) is 6.23. The van der Waals surface area contributed by atoms with E-state index >= 15 is 0 Å². The molecule has 2 N–H and O–H groups in total. The van der Waals surface area contributed by atoms with Crippen LogP contribution in [0.1, 0.15) is 50.0 Å². The fourth-order valence-corrected chi connectivity index (χ4v) is 5.57. The average Bonchev–Trinajstić information content (AvgIpc) is 3.38. The van der Waals surface area contributed by atoms with Gasteiger partial charge in [0.05, 0.1) is 6.61 Å². The minimum absolute atomic E-state index is 0.234. The van der Waals surface area contributed by atoms with Gasteiger partial charge in [0.1, 0.15) is 30.0 Å². The minimum atomic E-state index is -0.314. The Hall–Kier alpha value is -3.48. The van der Waals surface area contributed by atoms with Crippen molar-refractivity contribution in [3.63, 3.8) is 0 Å². The standard InChI is InChI=1S/C33H40N2O4/c1-22-14-16-35(20-22)23(2)21-38-29-11-8-25(9-12-29)33-32(26-6-5-7-28(36)18-26)24(3)30-19-27(34-15-17-37-4)10-13-31(30)39-33/h5-13,18-19,22-23,33-34,36H,14-17,20-21H2,1-4H3. The monoisotopic (exact) mass is 528 g/mol. The molecule has 206 valence electrons. The Balaban J connectivity index is 1.40. The molecule has 0 radical (unpaired) electrons. The van der Waals surface area contributed by atoms with Crippen LogP contribution in [0.2, 0.25) is 0 Å². The van der Waals surface area contributed by atoms with E-state index in [2.05, 4.69) is 49.2 Å². The van der Waals surface area contributed by atoms with Gasteiger partial charge >= 0.3 is 0 Å². The average molecular weight is 529 g/mol. The highest BCUT2D eigenvalue weighted by atomic mass is 16.5. The minimum Gasteiger partial charge on any atom is -0.508 e. The Kier molecular flexibility index (Phi) is 8.44. The van der Waals surface area contributed by atoms with Gasteiger partial charge in [0.2, 0.25) is 0 Å². The van der Waals surface area contributed by atoms with Crippen molar-refractivity contribution in [3.05, 3.63) is 83.4 Å². The van der Waals surface area contributed by atoms with Crippen molar-refractivity contribution in [2.24, 2.45) is 5.92 Å². The third-order valence-electron chi connectivity index (χ3n) is 7.84. The van der Waals surface area contributed by atoms with Gasteiger partial charge < -0.3 is 24.6 Å². The summed E-state index contributed by atoms with van der Waals surface area (Å²) < 4.78 is 18.0. The number of ether oxygens (including phenoxy) is 3. The van der Waals surface area contributed by atoms with Crippen molar-refractivity contribution < 1.29 is 19.3 Å². The summed E-state index contributed by atoms with van der Waals surface area (Å²) in [4.78, 5) is 2.51. The van der Waals surface area contributed by atoms with Crippen LogP contribution in [-0.2, 0) is 4.74 Å². The summed E-state index contributed by atoms with van der Waals surface area (Å²) in [6.45, 7) is 11.0. The second kappa shape index (κ2) is 12.1. The SMILES string of the molecule is COCCNc1ccc2c(c1)C(C)=C(c1cccc(O)c1)C(c1ccc(OCC(C)N3CCC(C)C3)cc1)O2. The highest BCUT2D eigenvalue weighted by Gasteiger charge is 2.30. The number of aromatic hydroxyl groups is 1. The molecule has 3 aromatic rings. The maximum Gasteiger partial charge on any atom is 0.150 e. The molecule has 0 aliphatic carbocycles. The smallest absolute Gasteiger partial charge is 0.150 e. The first-order chi connectivity index (χ1) is 18.9. The van der Waals surface area contributed by atoms with Crippen LogP contribution in [0.4, 0.5) is 5.69 Å². The lowest BCUT2D eigenvalue weighted by Crippen LogP contribution is -2.35. The number of rotatable bonds is 10. The van der Waals surface area contributed by atoms with Gasteiger partial charge in [-0.1, -0.05) is 31.2 Å². The molecule has 39 heavy (non-hydrogen) atoms. The van der Waals surface area contributed by atoms with Crippen molar-refractivity contribution in [2.75, 3.05) is 45.3 Å². The maximum atomic E-state index is 10.3. The Morgan fingerprint density at radius 1 is 1.10 bits per heavy atom. The first-order valence-electron chi connectivity index (χ1n) is 13.9. The molecular weight excluding hydrogens is 488 g/mol. The number of fused-ring (bicyclic) bond motifs is 1. The summed E-state index contributed by atoms with van der Waals surface area (Å²) in [6, 6.07) is 22.2. The Labute approximate surface area is 232 Å². The van der Waals surface area contributed by atoms with Gasteiger partial charge in [-0.2, -0.15) is 0 Å². The molecule has 0 spiro atoms. The zero-order valence-corrected chi connectivity index (χ0v) is 23.4. The van der Waals surface area contributed by atoms with E-state index in [9.17, 15) is 5.11 Å². The molecular formula is C33H40N2O4. The molecule has 2 aliphatic rings. The van der Waals surface area contributed by atoms with E-state index in [1.807, 2.05) is 36.4 Å². The van der Waals surface area contributed by atoms with Crippen LogP contribution in [-0.4, -0.2) is 56.0 Å². The summed E-state index contributed by atoms with van der Waals surface area (Å²) >= 11 is 0. The van der Waals surface area contributed by atoms with Crippen molar-refractivity contribution in [2.45, 2.75) is 39.3 Å². The lowest BCUT2D eigenvalue weighted by molar-refractivity contribution is 0.169. The zero-order chi connectivity index (χ0) is 27.4. The van der Waals surface area contributed by atoms with Gasteiger partial charge in [-0.15, -0.1) is 0 Å². The predicted octanol–water partition coefficient (Wildman–Crippen LogP) is 6.62. The van der Waals surface area contributed by atoms with Crippen molar-refractivity contribution >= 4 is 16.8 Å². The fourth-order valence-electron chi connectivity index (χ4n) is 5.57. The highest BCUT2D eigenvalue weighted by molar-refractivity contribution is 5.96. The van der Waals surface area contributed by atoms with Crippen molar-refractivity contribution in [3.8, 4) is 17.2 Å². The predicted molar refractivity (Wildman–Crippen MR) is 158 cm³/mol. The molecule has 6 heteroatoms. The quantitative estimate of drug-likeness (QED) is 0.288. The fraction of sp³-hybridized carbons (Fsp3) is 0.394. The molecule has 3 unspecified atom stereocenters. The maximum absolute atomic E-state index is 10.3. The van der Waals surface area contributed by atoms with Crippen LogP contribution in [0.15, 0.2) is 66.7 Å². The number of benzene rings is 3.